The molecule has 0 bridgehead atoms. The van der Waals surface area contributed by atoms with Gasteiger partial charge in [0.25, 0.3) is 0 Å². The number of aliphatic hydroxyl groups is 1. The molecule has 0 aliphatic rings. The summed E-state index contributed by atoms with van der Waals surface area (Å²) >= 11 is 0. The van der Waals surface area contributed by atoms with Gasteiger partial charge in [0.05, 0.1) is 6.10 Å². The van der Waals surface area contributed by atoms with Crippen molar-refractivity contribution in [2.75, 3.05) is 6.54 Å². The maximum atomic E-state index is 13.4. The van der Waals surface area contributed by atoms with Gasteiger partial charge in [0, 0.05) is 18.2 Å². The van der Waals surface area contributed by atoms with Crippen LogP contribution in [0.3, 0.4) is 0 Å². The molecule has 0 saturated carbocycles. The molecule has 2 N–H and O–H groups in total. The first-order valence-corrected chi connectivity index (χ1v) is 6.41. The van der Waals surface area contributed by atoms with E-state index in [0.717, 1.165) is 37.5 Å². The summed E-state index contributed by atoms with van der Waals surface area (Å²) in [4.78, 5) is 0. The average molecular weight is 257 g/mol. The number of hydrogen-bond acceptors (Lipinski definition) is 2. The fourth-order valence-corrected chi connectivity index (χ4v) is 1.81. The minimum absolute atomic E-state index is 0.00481. The highest BCUT2D eigenvalue weighted by atomic mass is 19.1. The molecule has 2 nitrogen and oxygen atoms in total. The lowest BCUT2D eigenvalue weighted by Gasteiger charge is -2.17. The van der Waals surface area contributed by atoms with Crippen LogP contribution in [-0.4, -0.2) is 17.7 Å². The highest BCUT2D eigenvalue weighted by Gasteiger charge is 2.14. The van der Waals surface area contributed by atoms with Gasteiger partial charge in [-0.25, -0.2) is 8.78 Å². The Labute approximate surface area is 107 Å². The third-order valence-corrected chi connectivity index (χ3v) is 2.97. The predicted molar refractivity (Wildman–Crippen MR) is 68.3 cm³/mol. The molecule has 0 heterocycles. The molecule has 0 fully saturated rings. The van der Waals surface area contributed by atoms with Gasteiger partial charge < -0.3 is 10.4 Å². The van der Waals surface area contributed by atoms with Crippen LogP contribution in [0.4, 0.5) is 8.78 Å². The van der Waals surface area contributed by atoms with Crippen molar-refractivity contribution >= 4 is 0 Å². The van der Waals surface area contributed by atoms with Crippen LogP contribution in [0.15, 0.2) is 18.2 Å². The van der Waals surface area contributed by atoms with E-state index in [2.05, 4.69) is 12.2 Å². The van der Waals surface area contributed by atoms with Crippen LogP contribution in [-0.2, 0) is 0 Å². The largest absolute Gasteiger partial charge is 0.387 e. The first-order chi connectivity index (χ1) is 8.54. The van der Waals surface area contributed by atoms with Crippen molar-refractivity contribution in [3.8, 4) is 0 Å². The number of hydrogen-bond donors (Lipinski definition) is 2. The second-order valence-electron chi connectivity index (χ2n) is 4.63. The molecule has 1 aromatic carbocycles. The number of benzene rings is 1. The minimum Gasteiger partial charge on any atom is -0.387 e. The molecule has 0 radical (unpaired) electrons. The molecule has 0 aliphatic carbocycles. The third-order valence-electron chi connectivity index (χ3n) is 2.97. The van der Waals surface area contributed by atoms with Gasteiger partial charge in [-0.2, -0.15) is 0 Å². The van der Waals surface area contributed by atoms with Gasteiger partial charge in [-0.1, -0.05) is 19.8 Å². The first kappa shape index (κ1) is 15.1. The van der Waals surface area contributed by atoms with E-state index in [1.807, 2.05) is 6.92 Å². The maximum Gasteiger partial charge on any atom is 0.129 e. The number of unbranched alkanes of at least 4 members (excludes halogenated alkanes) is 1. The van der Waals surface area contributed by atoms with E-state index in [1.165, 1.54) is 0 Å². The monoisotopic (exact) mass is 257 g/mol. The normalized spacial score (nSPS) is 14.5. The van der Waals surface area contributed by atoms with Gasteiger partial charge in [0.15, 0.2) is 0 Å². The minimum atomic E-state index is -1.02. The summed E-state index contributed by atoms with van der Waals surface area (Å²) in [5.74, 6) is -1.11. The highest BCUT2D eigenvalue weighted by Crippen LogP contribution is 2.18. The lowest BCUT2D eigenvalue weighted by Crippen LogP contribution is -2.30. The summed E-state index contributed by atoms with van der Waals surface area (Å²) < 4.78 is 26.4. The summed E-state index contributed by atoms with van der Waals surface area (Å²) in [5.41, 5.74) is 0.00481. The Bertz CT molecular complexity index is 371. The molecular formula is C14H21F2NO. The van der Waals surface area contributed by atoms with Crippen molar-refractivity contribution in [2.24, 2.45) is 0 Å². The summed E-state index contributed by atoms with van der Waals surface area (Å²) in [6, 6.07) is 3.38. The molecule has 18 heavy (non-hydrogen) atoms. The van der Waals surface area contributed by atoms with Crippen molar-refractivity contribution in [3.05, 3.63) is 35.4 Å². The van der Waals surface area contributed by atoms with Crippen molar-refractivity contribution in [1.82, 2.24) is 5.32 Å². The molecule has 102 valence electrons. The first-order valence-electron chi connectivity index (χ1n) is 6.41. The van der Waals surface area contributed by atoms with Crippen molar-refractivity contribution in [1.29, 1.82) is 0 Å². The number of halogens is 2. The van der Waals surface area contributed by atoms with Crippen molar-refractivity contribution < 1.29 is 13.9 Å². The lowest BCUT2D eigenvalue weighted by atomic mass is 10.1. The molecule has 0 aromatic heterocycles. The Kier molecular flexibility index (Phi) is 6.22. The van der Waals surface area contributed by atoms with E-state index in [1.54, 1.807) is 0 Å². The van der Waals surface area contributed by atoms with Crippen LogP contribution in [0.25, 0.3) is 0 Å². The standard InChI is InChI=1S/C14H21F2NO/c1-3-4-5-10(2)17-9-14(18)12-8-11(15)6-7-13(12)16/h6-8,10,14,17-18H,3-5,9H2,1-2H3. The van der Waals surface area contributed by atoms with E-state index < -0.39 is 17.7 Å². The molecule has 0 aliphatic heterocycles. The molecule has 1 aromatic rings. The zero-order chi connectivity index (χ0) is 13.5. The van der Waals surface area contributed by atoms with Gasteiger partial charge >= 0.3 is 0 Å². The number of aliphatic hydroxyl groups excluding tert-OH is 1. The Hall–Kier alpha value is -1.00. The molecule has 0 saturated heterocycles. The van der Waals surface area contributed by atoms with E-state index >= 15 is 0 Å². The van der Waals surface area contributed by atoms with E-state index in [9.17, 15) is 13.9 Å². The average Bonchev–Trinajstić information content (AvgIpc) is 2.36. The molecule has 2 unspecified atom stereocenters. The van der Waals surface area contributed by atoms with Gasteiger partial charge in [-0.15, -0.1) is 0 Å². The van der Waals surface area contributed by atoms with E-state index in [0.29, 0.717) is 0 Å². The fourth-order valence-electron chi connectivity index (χ4n) is 1.81. The summed E-state index contributed by atoms with van der Waals surface area (Å²) in [5, 5.41) is 13.0. The van der Waals surface area contributed by atoms with E-state index in [-0.39, 0.29) is 18.2 Å². The topological polar surface area (TPSA) is 32.3 Å². The zero-order valence-electron chi connectivity index (χ0n) is 10.9. The fraction of sp³-hybridized carbons (Fsp3) is 0.571. The van der Waals surface area contributed by atoms with Crippen molar-refractivity contribution in [3.63, 3.8) is 0 Å². The van der Waals surface area contributed by atoms with Crippen LogP contribution in [0.5, 0.6) is 0 Å². The Balaban J connectivity index is 2.49. The smallest absolute Gasteiger partial charge is 0.129 e. The Morgan fingerprint density at radius 2 is 2.06 bits per heavy atom. The van der Waals surface area contributed by atoms with Crippen LogP contribution >= 0.6 is 0 Å². The van der Waals surface area contributed by atoms with Gasteiger partial charge in [0.2, 0.25) is 0 Å². The number of nitrogens with one attached hydrogen (secondary N) is 1. The van der Waals surface area contributed by atoms with E-state index in [4.69, 9.17) is 0 Å². The second-order valence-corrected chi connectivity index (χ2v) is 4.63. The molecule has 0 amide bonds. The van der Waals surface area contributed by atoms with Crippen LogP contribution in [0.2, 0.25) is 0 Å². The highest BCUT2D eigenvalue weighted by molar-refractivity contribution is 5.21. The molecule has 1 rings (SSSR count). The van der Waals surface area contributed by atoms with Crippen molar-refractivity contribution in [2.45, 2.75) is 45.3 Å². The zero-order valence-corrected chi connectivity index (χ0v) is 10.9. The quantitative estimate of drug-likeness (QED) is 0.786. The molecular weight excluding hydrogens is 236 g/mol. The second kappa shape index (κ2) is 7.44. The maximum absolute atomic E-state index is 13.4. The molecule has 0 spiro atoms. The Morgan fingerprint density at radius 3 is 2.72 bits per heavy atom. The van der Waals surface area contributed by atoms with Gasteiger partial charge in [0.1, 0.15) is 11.6 Å². The summed E-state index contributed by atoms with van der Waals surface area (Å²) in [6.07, 6.45) is 2.21. The lowest BCUT2D eigenvalue weighted by molar-refractivity contribution is 0.165. The molecule has 2 atom stereocenters. The summed E-state index contributed by atoms with van der Waals surface area (Å²) in [6.45, 7) is 4.36. The Morgan fingerprint density at radius 1 is 1.33 bits per heavy atom. The summed E-state index contributed by atoms with van der Waals surface area (Å²) in [7, 11) is 0. The molecule has 4 heteroatoms. The predicted octanol–water partition coefficient (Wildman–Crippen LogP) is 3.17. The SMILES string of the molecule is CCCCC(C)NCC(O)c1cc(F)ccc1F. The van der Waals surface area contributed by atoms with Crippen LogP contribution < -0.4 is 5.32 Å². The van der Waals surface area contributed by atoms with Gasteiger partial charge in [-0.3, -0.25) is 0 Å². The third kappa shape index (κ3) is 4.70. The number of rotatable bonds is 7. The van der Waals surface area contributed by atoms with Crippen LogP contribution in [0, 0.1) is 11.6 Å². The van der Waals surface area contributed by atoms with Crippen LogP contribution in [0.1, 0.15) is 44.8 Å². The van der Waals surface area contributed by atoms with Gasteiger partial charge in [-0.05, 0) is 31.5 Å².